The Bertz CT molecular complexity index is 68.8. The van der Waals surface area contributed by atoms with Crippen LogP contribution >= 0.6 is 25.3 Å². The van der Waals surface area contributed by atoms with Gasteiger partial charge in [-0.2, -0.15) is 0 Å². The van der Waals surface area contributed by atoms with Crippen molar-refractivity contribution in [1.82, 2.24) is 0 Å². The quantitative estimate of drug-likeness (QED) is 0.216. The summed E-state index contributed by atoms with van der Waals surface area (Å²) >= 11 is 7.68. The Morgan fingerprint density at radius 3 is 2.50 bits per heavy atom. The van der Waals surface area contributed by atoms with Crippen molar-refractivity contribution in [3.8, 4) is 0 Å². The normalized spacial score (nSPS) is 10.8. The predicted octanol–water partition coefficient (Wildman–Crippen LogP) is 2.27. The van der Waals surface area contributed by atoms with E-state index in [4.69, 9.17) is 4.89 Å². The summed E-state index contributed by atoms with van der Waals surface area (Å²) in [4.78, 5) is 9.36. The fourth-order valence-corrected chi connectivity index (χ4v) is 0.642. The number of unbranched alkanes of at least 4 members (excludes halogenated alkanes) is 2. The second-order valence-corrected chi connectivity index (χ2v) is 3.30. The number of hydrogen-bond donors (Lipinski definition) is 2. The van der Waals surface area contributed by atoms with E-state index in [2.05, 4.69) is 37.1 Å². The third-order valence-electron chi connectivity index (χ3n) is 0.985. The van der Waals surface area contributed by atoms with Gasteiger partial charge in [-0.25, -0.2) is 9.78 Å². The molecule has 4 heteroatoms. The van der Waals surface area contributed by atoms with E-state index < -0.39 is 4.77 Å². The molecule has 0 saturated carbocycles. The van der Waals surface area contributed by atoms with Crippen molar-refractivity contribution in [3.05, 3.63) is 0 Å². The van der Waals surface area contributed by atoms with Gasteiger partial charge in [-0.3, -0.25) is 0 Å². The lowest BCUT2D eigenvalue weighted by Gasteiger charge is -2.03. The van der Waals surface area contributed by atoms with Crippen LogP contribution in [0.2, 0.25) is 0 Å². The van der Waals surface area contributed by atoms with E-state index in [9.17, 15) is 0 Å². The highest BCUT2D eigenvalue weighted by Crippen LogP contribution is 2.03. The molecule has 0 N–H and O–H groups in total. The Morgan fingerprint density at radius 1 is 1.30 bits per heavy atom. The number of rotatable bonds is 6. The van der Waals surface area contributed by atoms with E-state index in [1.807, 2.05) is 0 Å². The lowest BCUT2D eigenvalue weighted by atomic mass is 10.3. The summed E-state index contributed by atoms with van der Waals surface area (Å²) in [6, 6.07) is 0. The largest absolute Gasteiger partial charge is 0.235 e. The maximum atomic E-state index is 4.74. The van der Waals surface area contributed by atoms with Gasteiger partial charge in [0.1, 0.15) is 0 Å². The van der Waals surface area contributed by atoms with Crippen LogP contribution in [-0.4, -0.2) is 11.4 Å². The van der Waals surface area contributed by atoms with Crippen LogP contribution in [-0.2, 0) is 9.78 Å². The first-order valence-corrected chi connectivity index (χ1v) is 4.45. The highest BCUT2D eigenvalue weighted by molar-refractivity contribution is 7.98. The highest BCUT2D eigenvalue weighted by atomic mass is 32.2. The van der Waals surface area contributed by atoms with Crippen LogP contribution in [0.25, 0.3) is 0 Å². The van der Waals surface area contributed by atoms with Crippen LogP contribution in [0, 0.1) is 0 Å². The van der Waals surface area contributed by atoms with E-state index in [0.717, 1.165) is 6.42 Å². The minimum atomic E-state index is -0.429. The van der Waals surface area contributed by atoms with Gasteiger partial charge in [0, 0.05) is 0 Å². The molecule has 0 fully saturated rings. The summed E-state index contributed by atoms with van der Waals surface area (Å²) in [7, 11) is 0. The molecule has 0 aliphatic rings. The Labute approximate surface area is 73.0 Å². The minimum Gasteiger partial charge on any atom is -0.235 e. The molecule has 62 valence electrons. The zero-order chi connectivity index (χ0) is 7.82. The summed E-state index contributed by atoms with van der Waals surface area (Å²) < 4.78 is -0.429. The summed E-state index contributed by atoms with van der Waals surface area (Å²) in [5, 5.41) is 0. The molecule has 2 nitrogen and oxygen atoms in total. The van der Waals surface area contributed by atoms with Gasteiger partial charge in [0.25, 0.3) is 0 Å². The maximum absolute atomic E-state index is 4.74. The molecule has 0 saturated heterocycles. The Morgan fingerprint density at radius 2 is 2.00 bits per heavy atom. The fourth-order valence-electron chi connectivity index (χ4n) is 0.520. The monoisotopic (exact) mass is 182 g/mol. The van der Waals surface area contributed by atoms with E-state index in [1.165, 1.54) is 12.8 Å². The fraction of sp³-hybridized carbons (Fsp3) is 1.00. The van der Waals surface area contributed by atoms with E-state index in [1.54, 1.807) is 0 Å². The molecule has 0 unspecified atom stereocenters. The first-order valence-electron chi connectivity index (χ1n) is 3.41. The molecule has 10 heavy (non-hydrogen) atoms. The standard InChI is InChI=1S/C6H14O2S2/c1-2-3-4-5-7-8-6(9)10/h6,9-10H,2-5H2,1H3. The van der Waals surface area contributed by atoms with Gasteiger partial charge in [-0.1, -0.05) is 19.8 Å². The van der Waals surface area contributed by atoms with E-state index in [-0.39, 0.29) is 0 Å². The lowest BCUT2D eigenvalue weighted by Crippen LogP contribution is -2.00. The van der Waals surface area contributed by atoms with Crippen molar-refractivity contribution in [2.24, 2.45) is 0 Å². The van der Waals surface area contributed by atoms with E-state index >= 15 is 0 Å². The van der Waals surface area contributed by atoms with Crippen LogP contribution < -0.4 is 0 Å². The van der Waals surface area contributed by atoms with Gasteiger partial charge >= 0.3 is 0 Å². The Balaban J connectivity index is 2.77. The van der Waals surface area contributed by atoms with Crippen molar-refractivity contribution in [1.29, 1.82) is 0 Å². The first-order chi connectivity index (χ1) is 4.77. The second-order valence-electron chi connectivity index (χ2n) is 1.95. The zero-order valence-corrected chi connectivity index (χ0v) is 7.91. The van der Waals surface area contributed by atoms with Crippen LogP contribution in [0.15, 0.2) is 0 Å². The Kier molecular flexibility index (Phi) is 8.20. The van der Waals surface area contributed by atoms with Crippen LogP contribution in [0.5, 0.6) is 0 Å². The predicted molar refractivity (Wildman–Crippen MR) is 48.3 cm³/mol. The minimum absolute atomic E-state index is 0.429. The second kappa shape index (κ2) is 7.72. The molecule has 0 radical (unpaired) electrons. The summed E-state index contributed by atoms with van der Waals surface area (Å²) in [6.07, 6.45) is 3.40. The third kappa shape index (κ3) is 8.62. The molecule has 0 bridgehead atoms. The number of thiol groups is 2. The highest BCUT2D eigenvalue weighted by Gasteiger charge is 1.93. The smallest absolute Gasteiger partial charge is 0.179 e. The van der Waals surface area contributed by atoms with Crippen LogP contribution in [0.1, 0.15) is 26.2 Å². The lowest BCUT2D eigenvalue weighted by molar-refractivity contribution is -0.286. The molecule has 0 aliphatic heterocycles. The molecule has 0 atom stereocenters. The molecular weight excluding hydrogens is 168 g/mol. The van der Waals surface area contributed by atoms with Gasteiger partial charge in [-0.05, 0) is 6.42 Å². The average molecular weight is 182 g/mol. The molecule has 0 aromatic carbocycles. The van der Waals surface area contributed by atoms with Crippen LogP contribution in [0.4, 0.5) is 0 Å². The average Bonchev–Trinajstić information content (AvgIpc) is 1.87. The molecule has 0 aromatic rings. The van der Waals surface area contributed by atoms with Gasteiger partial charge < -0.3 is 0 Å². The molecule has 0 rings (SSSR count). The summed E-state index contributed by atoms with van der Waals surface area (Å²) in [5.74, 6) is 0. The van der Waals surface area contributed by atoms with Gasteiger partial charge in [0.15, 0.2) is 4.77 Å². The molecule has 0 heterocycles. The molecular formula is C6H14O2S2. The number of hydrogen-bond acceptors (Lipinski definition) is 4. The summed E-state index contributed by atoms with van der Waals surface area (Å²) in [6.45, 7) is 2.77. The van der Waals surface area contributed by atoms with Crippen molar-refractivity contribution in [3.63, 3.8) is 0 Å². The molecule has 0 spiro atoms. The first kappa shape index (κ1) is 10.6. The van der Waals surface area contributed by atoms with Gasteiger partial charge in [-0.15, -0.1) is 25.3 Å². The van der Waals surface area contributed by atoms with Crippen molar-refractivity contribution >= 4 is 25.3 Å². The SMILES string of the molecule is CCCCCOOC(S)S. The molecule has 0 aliphatic carbocycles. The van der Waals surface area contributed by atoms with Crippen molar-refractivity contribution in [2.75, 3.05) is 6.61 Å². The third-order valence-corrected chi connectivity index (χ3v) is 1.16. The molecule has 0 amide bonds. The zero-order valence-electron chi connectivity index (χ0n) is 6.12. The van der Waals surface area contributed by atoms with Gasteiger partial charge in [0.05, 0.1) is 6.61 Å². The van der Waals surface area contributed by atoms with Gasteiger partial charge in [0.2, 0.25) is 0 Å². The summed E-state index contributed by atoms with van der Waals surface area (Å²) in [5.41, 5.74) is 0. The van der Waals surface area contributed by atoms with Crippen molar-refractivity contribution in [2.45, 2.75) is 31.0 Å². The van der Waals surface area contributed by atoms with Crippen LogP contribution in [0.3, 0.4) is 0 Å². The van der Waals surface area contributed by atoms with Crippen molar-refractivity contribution < 1.29 is 9.78 Å². The Hall–Kier alpha value is 0.620. The molecule has 0 aromatic heterocycles. The topological polar surface area (TPSA) is 18.5 Å². The maximum Gasteiger partial charge on any atom is 0.179 e. The van der Waals surface area contributed by atoms with E-state index in [0.29, 0.717) is 6.61 Å².